The van der Waals surface area contributed by atoms with Crippen LogP contribution in [-0.2, 0) is 0 Å². The fourth-order valence-electron chi connectivity index (χ4n) is 1.75. The van der Waals surface area contributed by atoms with Gasteiger partial charge in [-0.15, -0.1) is 0 Å². The van der Waals surface area contributed by atoms with E-state index in [0.29, 0.717) is 18.1 Å². The van der Waals surface area contributed by atoms with Crippen LogP contribution in [0.5, 0.6) is 0 Å². The number of H-pyrrole nitrogens is 1. The average molecular weight is 217 g/mol. The van der Waals surface area contributed by atoms with Gasteiger partial charge in [0.1, 0.15) is 5.76 Å². The average Bonchev–Trinajstić information content (AvgIpc) is 2.76. The molecule has 0 saturated carbocycles. The standard InChI is InChI=1S/C12H15N3O/c1-7-6-10(8(2)9(3)11(7)16)15-12-13-4-5-14-12/h4-5,16H,6H2,1-3H3,(H,13,14). The van der Waals surface area contributed by atoms with Crippen LogP contribution in [0.25, 0.3) is 0 Å². The Morgan fingerprint density at radius 3 is 2.69 bits per heavy atom. The first-order valence-corrected chi connectivity index (χ1v) is 5.23. The molecule has 2 N–H and O–H groups in total. The number of rotatable bonds is 1. The lowest BCUT2D eigenvalue weighted by molar-refractivity contribution is 0.413. The zero-order chi connectivity index (χ0) is 11.7. The Balaban J connectivity index is 2.41. The van der Waals surface area contributed by atoms with E-state index in [-0.39, 0.29) is 0 Å². The zero-order valence-electron chi connectivity index (χ0n) is 9.70. The van der Waals surface area contributed by atoms with Gasteiger partial charge in [-0.3, -0.25) is 0 Å². The SMILES string of the molecule is CC1=C(O)C(C)=C(C)C(=Nc2ncc[nH]2)C1. The molecule has 0 aromatic carbocycles. The molecular formula is C12H15N3O. The second-order valence-electron chi connectivity index (χ2n) is 4.03. The van der Waals surface area contributed by atoms with Crippen LogP contribution in [0.2, 0.25) is 0 Å². The van der Waals surface area contributed by atoms with Gasteiger partial charge in [-0.2, -0.15) is 0 Å². The number of aliphatic hydroxyl groups excluding tert-OH is 1. The lowest BCUT2D eigenvalue weighted by atomic mass is 9.91. The Labute approximate surface area is 94.4 Å². The van der Waals surface area contributed by atoms with Crippen LogP contribution in [-0.4, -0.2) is 20.8 Å². The first-order valence-electron chi connectivity index (χ1n) is 5.23. The number of hydrogen-bond acceptors (Lipinski definition) is 3. The van der Waals surface area contributed by atoms with Gasteiger partial charge >= 0.3 is 0 Å². The quantitative estimate of drug-likeness (QED) is 0.759. The van der Waals surface area contributed by atoms with E-state index in [1.807, 2.05) is 20.8 Å². The molecule has 0 saturated heterocycles. The van der Waals surface area contributed by atoms with Crippen LogP contribution >= 0.6 is 0 Å². The lowest BCUT2D eigenvalue weighted by Gasteiger charge is -2.18. The van der Waals surface area contributed by atoms with Gasteiger partial charge in [0, 0.05) is 18.8 Å². The normalized spacial score (nSPS) is 19.8. The summed E-state index contributed by atoms with van der Waals surface area (Å²) in [6.07, 6.45) is 4.10. The van der Waals surface area contributed by atoms with E-state index < -0.39 is 0 Å². The molecule has 1 aliphatic carbocycles. The van der Waals surface area contributed by atoms with Gasteiger partial charge in [0.2, 0.25) is 5.95 Å². The summed E-state index contributed by atoms with van der Waals surface area (Å²) < 4.78 is 0. The maximum Gasteiger partial charge on any atom is 0.227 e. The van der Waals surface area contributed by atoms with Gasteiger partial charge in [-0.25, -0.2) is 9.98 Å². The van der Waals surface area contributed by atoms with Crippen molar-refractivity contribution in [2.75, 3.05) is 0 Å². The molecule has 4 nitrogen and oxygen atoms in total. The third-order valence-electron chi connectivity index (χ3n) is 2.91. The Morgan fingerprint density at radius 1 is 1.31 bits per heavy atom. The van der Waals surface area contributed by atoms with Crippen LogP contribution in [0.15, 0.2) is 39.9 Å². The fraction of sp³-hybridized carbons (Fsp3) is 0.333. The van der Waals surface area contributed by atoms with E-state index in [2.05, 4.69) is 15.0 Å². The number of hydrogen-bond donors (Lipinski definition) is 2. The Hall–Kier alpha value is -1.84. The zero-order valence-corrected chi connectivity index (χ0v) is 9.70. The van der Waals surface area contributed by atoms with E-state index in [1.165, 1.54) is 0 Å². The highest BCUT2D eigenvalue weighted by Gasteiger charge is 2.18. The van der Waals surface area contributed by atoms with Crippen LogP contribution in [0.1, 0.15) is 27.2 Å². The van der Waals surface area contributed by atoms with Gasteiger partial charge in [0.25, 0.3) is 0 Å². The van der Waals surface area contributed by atoms with Crippen molar-refractivity contribution in [1.29, 1.82) is 0 Å². The van der Waals surface area contributed by atoms with Crippen molar-refractivity contribution in [1.82, 2.24) is 9.97 Å². The van der Waals surface area contributed by atoms with Crippen molar-refractivity contribution >= 4 is 11.7 Å². The van der Waals surface area contributed by atoms with E-state index in [0.717, 1.165) is 22.4 Å². The van der Waals surface area contributed by atoms with E-state index in [4.69, 9.17) is 0 Å². The summed E-state index contributed by atoms with van der Waals surface area (Å²) in [5, 5.41) is 9.80. The molecule has 1 heterocycles. The summed E-state index contributed by atoms with van der Waals surface area (Å²) in [5.41, 5.74) is 3.84. The number of imidazole rings is 1. The third kappa shape index (κ3) is 1.78. The van der Waals surface area contributed by atoms with Gasteiger partial charge in [0.05, 0.1) is 5.71 Å². The number of aromatic amines is 1. The molecule has 16 heavy (non-hydrogen) atoms. The summed E-state index contributed by atoms with van der Waals surface area (Å²) in [7, 11) is 0. The van der Waals surface area contributed by atoms with E-state index in [9.17, 15) is 5.11 Å². The second kappa shape index (κ2) is 3.96. The smallest absolute Gasteiger partial charge is 0.227 e. The monoisotopic (exact) mass is 217 g/mol. The molecular weight excluding hydrogens is 202 g/mol. The van der Waals surface area contributed by atoms with Gasteiger partial charge < -0.3 is 10.1 Å². The summed E-state index contributed by atoms with van der Waals surface area (Å²) in [6.45, 7) is 5.80. The predicted molar refractivity (Wildman–Crippen MR) is 64.0 cm³/mol. The van der Waals surface area contributed by atoms with Crippen LogP contribution in [0, 0.1) is 0 Å². The van der Waals surface area contributed by atoms with E-state index >= 15 is 0 Å². The van der Waals surface area contributed by atoms with Crippen molar-refractivity contribution in [2.45, 2.75) is 27.2 Å². The topological polar surface area (TPSA) is 61.3 Å². The van der Waals surface area contributed by atoms with Crippen molar-refractivity contribution in [3.8, 4) is 0 Å². The highest BCUT2D eigenvalue weighted by Crippen LogP contribution is 2.27. The summed E-state index contributed by atoms with van der Waals surface area (Å²) in [5.74, 6) is 1.01. The predicted octanol–water partition coefficient (Wildman–Crippen LogP) is 3.05. The molecule has 0 unspecified atom stereocenters. The maximum atomic E-state index is 9.80. The van der Waals surface area contributed by atoms with Gasteiger partial charge in [-0.05, 0) is 37.5 Å². The van der Waals surface area contributed by atoms with E-state index in [1.54, 1.807) is 12.4 Å². The summed E-state index contributed by atoms with van der Waals surface area (Å²) in [6, 6.07) is 0. The number of aromatic nitrogens is 2. The molecule has 4 heteroatoms. The first-order chi connectivity index (χ1) is 7.59. The fourth-order valence-corrected chi connectivity index (χ4v) is 1.75. The largest absolute Gasteiger partial charge is 0.508 e. The minimum Gasteiger partial charge on any atom is -0.508 e. The Kier molecular flexibility index (Phi) is 2.64. The highest BCUT2D eigenvalue weighted by atomic mass is 16.3. The van der Waals surface area contributed by atoms with Crippen LogP contribution in [0.4, 0.5) is 5.95 Å². The van der Waals surface area contributed by atoms with Gasteiger partial charge in [0.15, 0.2) is 0 Å². The van der Waals surface area contributed by atoms with Crippen molar-refractivity contribution in [2.24, 2.45) is 4.99 Å². The molecule has 1 aromatic rings. The Morgan fingerprint density at radius 2 is 2.06 bits per heavy atom. The molecule has 0 spiro atoms. The minimum atomic E-state index is 0.399. The molecule has 0 fully saturated rings. The first kappa shape index (κ1) is 10.7. The molecule has 0 atom stereocenters. The van der Waals surface area contributed by atoms with Crippen LogP contribution < -0.4 is 0 Å². The summed E-state index contributed by atoms with van der Waals surface area (Å²) >= 11 is 0. The number of nitrogens with zero attached hydrogens (tertiary/aromatic N) is 2. The molecule has 1 aliphatic rings. The number of aliphatic hydroxyl groups is 1. The van der Waals surface area contributed by atoms with Gasteiger partial charge in [-0.1, -0.05) is 0 Å². The Bertz CT molecular complexity index is 492. The lowest BCUT2D eigenvalue weighted by Crippen LogP contribution is -2.11. The number of allylic oxidation sites excluding steroid dienone is 3. The van der Waals surface area contributed by atoms with Crippen molar-refractivity contribution < 1.29 is 5.11 Å². The third-order valence-corrected chi connectivity index (χ3v) is 2.91. The van der Waals surface area contributed by atoms with Crippen molar-refractivity contribution in [3.05, 3.63) is 34.9 Å². The molecule has 0 bridgehead atoms. The summed E-state index contributed by atoms with van der Waals surface area (Å²) in [4.78, 5) is 11.5. The molecule has 0 radical (unpaired) electrons. The molecule has 1 aromatic heterocycles. The van der Waals surface area contributed by atoms with Crippen molar-refractivity contribution in [3.63, 3.8) is 0 Å². The molecule has 0 amide bonds. The molecule has 84 valence electrons. The second-order valence-corrected chi connectivity index (χ2v) is 4.03. The molecule has 0 aliphatic heterocycles. The number of aliphatic imine (C=N–C) groups is 1. The molecule has 2 rings (SSSR count). The minimum absolute atomic E-state index is 0.399. The number of nitrogens with one attached hydrogen (secondary N) is 1. The highest BCUT2D eigenvalue weighted by molar-refractivity contribution is 6.04. The maximum absolute atomic E-state index is 9.80. The van der Waals surface area contributed by atoms with Crippen LogP contribution in [0.3, 0.4) is 0 Å².